The van der Waals surface area contributed by atoms with Crippen molar-refractivity contribution in [1.29, 1.82) is 0 Å². The van der Waals surface area contributed by atoms with Crippen molar-refractivity contribution in [3.63, 3.8) is 0 Å². The van der Waals surface area contributed by atoms with Gasteiger partial charge in [-0.05, 0) is 32.9 Å². The van der Waals surface area contributed by atoms with Gasteiger partial charge in [0.05, 0.1) is 0 Å². The fourth-order valence-electron chi connectivity index (χ4n) is 1.05. The number of carboxylic acids is 1. The average Bonchev–Trinajstić information content (AvgIpc) is 2.21. The summed E-state index contributed by atoms with van der Waals surface area (Å²) in [4.78, 5) is 9.75. The smallest absolute Gasteiger partial charge is 0.328 e. The molecule has 1 aliphatic heterocycles. The van der Waals surface area contributed by atoms with Crippen molar-refractivity contribution >= 4 is 5.97 Å². The molecule has 0 amide bonds. The van der Waals surface area contributed by atoms with E-state index in [1.165, 1.54) is 38.4 Å². The van der Waals surface area contributed by atoms with Gasteiger partial charge in [-0.3, -0.25) is 0 Å². The Morgan fingerprint density at radius 3 is 2.14 bits per heavy atom. The standard InChI is InChI=1S/C6H8O2.C5H11N/c1-2-3-4-5-6(7)8;1-2-4-6-5-3-1/h2-5H,1H3,(H,7,8);6H,1-5H2/b3-2+,5-4+;. The molecule has 1 heterocycles. The number of carboxylic acid groups (broad SMARTS) is 1. The summed E-state index contributed by atoms with van der Waals surface area (Å²) >= 11 is 0. The molecule has 1 rings (SSSR count). The van der Waals surface area contributed by atoms with Crippen LogP contribution in [-0.4, -0.2) is 24.2 Å². The lowest BCUT2D eigenvalue weighted by atomic mass is 10.2. The highest BCUT2D eigenvalue weighted by atomic mass is 16.4. The first-order chi connectivity index (χ1) is 6.77. The first-order valence-electron chi connectivity index (χ1n) is 5.00. The van der Waals surface area contributed by atoms with Gasteiger partial charge in [-0.15, -0.1) is 0 Å². The van der Waals surface area contributed by atoms with Crippen LogP contribution in [0.4, 0.5) is 0 Å². The molecule has 0 unspecified atom stereocenters. The number of allylic oxidation sites excluding steroid dienone is 3. The van der Waals surface area contributed by atoms with Crippen LogP contribution in [0, 0.1) is 0 Å². The summed E-state index contributed by atoms with van der Waals surface area (Å²) in [5.41, 5.74) is 0. The van der Waals surface area contributed by atoms with Gasteiger partial charge in [0.1, 0.15) is 0 Å². The molecule has 0 aromatic rings. The fraction of sp³-hybridized carbons (Fsp3) is 0.545. The summed E-state index contributed by atoms with van der Waals surface area (Å²) in [6.45, 7) is 4.33. The van der Waals surface area contributed by atoms with Gasteiger partial charge < -0.3 is 10.4 Å². The molecule has 0 atom stereocenters. The number of rotatable bonds is 2. The predicted octanol–water partition coefficient (Wildman–Crippen LogP) is 1.96. The zero-order valence-corrected chi connectivity index (χ0v) is 8.70. The number of hydrogen-bond donors (Lipinski definition) is 2. The molecule has 1 saturated heterocycles. The zero-order chi connectivity index (χ0) is 10.6. The molecule has 0 spiro atoms. The highest BCUT2D eigenvalue weighted by Crippen LogP contribution is 1.96. The van der Waals surface area contributed by atoms with E-state index < -0.39 is 5.97 Å². The summed E-state index contributed by atoms with van der Waals surface area (Å²) in [6, 6.07) is 0. The molecule has 3 nitrogen and oxygen atoms in total. The molecule has 14 heavy (non-hydrogen) atoms. The van der Waals surface area contributed by atoms with Gasteiger partial charge in [-0.25, -0.2) is 4.79 Å². The van der Waals surface area contributed by atoms with Crippen molar-refractivity contribution in [3.05, 3.63) is 24.3 Å². The molecular formula is C11H19NO2. The van der Waals surface area contributed by atoms with Crippen molar-refractivity contribution in [1.82, 2.24) is 5.32 Å². The van der Waals surface area contributed by atoms with E-state index in [1.807, 2.05) is 6.92 Å². The molecule has 3 heteroatoms. The van der Waals surface area contributed by atoms with Crippen LogP contribution in [0.3, 0.4) is 0 Å². The van der Waals surface area contributed by atoms with Crippen molar-refractivity contribution in [2.24, 2.45) is 0 Å². The number of nitrogens with one attached hydrogen (secondary N) is 1. The van der Waals surface area contributed by atoms with Gasteiger partial charge in [0.25, 0.3) is 0 Å². The molecular weight excluding hydrogens is 178 g/mol. The molecule has 0 radical (unpaired) electrons. The molecule has 0 aromatic heterocycles. The lowest BCUT2D eigenvalue weighted by Gasteiger charge is -2.08. The fourth-order valence-corrected chi connectivity index (χ4v) is 1.05. The van der Waals surface area contributed by atoms with Gasteiger partial charge in [0, 0.05) is 6.08 Å². The first kappa shape index (κ1) is 12.9. The Kier molecular flexibility index (Phi) is 9.22. The molecule has 80 valence electrons. The third-order valence-corrected chi connectivity index (χ3v) is 1.75. The molecule has 2 N–H and O–H groups in total. The average molecular weight is 197 g/mol. The van der Waals surface area contributed by atoms with Crippen molar-refractivity contribution in [3.8, 4) is 0 Å². The van der Waals surface area contributed by atoms with Crippen molar-refractivity contribution in [2.75, 3.05) is 13.1 Å². The second-order valence-electron chi connectivity index (χ2n) is 3.03. The molecule has 0 bridgehead atoms. The number of piperidine rings is 1. The van der Waals surface area contributed by atoms with Crippen LogP contribution < -0.4 is 5.32 Å². The van der Waals surface area contributed by atoms with Crippen LogP contribution in [0.5, 0.6) is 0 Å². The Morgan fingerprint density at radius 1 is 1.21 bits per heavy atom. The molecule has 0 aliphatic carbocycles. The summed E-state index contributed by atoms with van der Waals surface area (Å²) in [5, 5.41) is 11.3. The maximum atomic E-state index is 9.75. The van der Waals surface area contributed by atoms with Crippen molar-refractivity contribution in [2.45, 2.75) is 26.2 Å². The van der Waals surface area contributed by atoms with Gasteiger partial charge in [0.15, 0.2) is 0 Å². The second kappa shape index (κ2) is 9.99. The normalized spacial score (nSPS) is 16.6. The maximum absolute atomic E-state index is 9.75. The maximum Gasteiger partial charge on any atom is 0.328 e. The topological polar surface area (TPSA) is 49.3 Å². The van der Waals surface area contributed by atoms with Gasteiger partial charge >= 0.3 is 5.97 Å². The zero-order valence-electron chi connectivity index (χ0n) is 8.70. The van der Waals surface area contributed by atoms with E-state index in [4.69, 9.17) is 5.11 Å². The van der Waals surface area contributed by atoms with E-state index in [0.29, 0.717) is 0 Å². The van der Waals surface area contributed by atoms with Gasteiger partial charge in [-0.1, -0.05) is 24.6 Å². The van der Waals surface area contributed by atoms with Crippen molar-refractivity contribution < 1.29 is 9.90 Å². The van der Waals surface area contributed by atoms with E-state index >= 15 is 0 Å². The summed E-state index contributed by atoms with van der Waals surface area (Å²) in [7, 11) is 0. The highest BCUT2D eigenvalue weighted by Gasteiger charge is 1.93. The Bertz CT molecular complexity index is 182. The Hall–Kier alpha value is -1.09. The van der Waals surface area contributed by atoms with E-state index in [2.05, 4.69) is 5.32 Å². The third-order valence-electron chi connectivity index (χ3n) is 1.75. The molecule has 1 fully saturated rings. The van der Waals surface area contributed by atoms with Crippen LogP contribution in [-0.2, 0) is 4.79 Å². The molecule has 0 saturated carbocycles. The van der Waals surface area contributed by atoms with Crippen LogP contribution in [0.2, 0.25) is 0 Å². The van der Waals surface area contributed by atoms with Crippen LogP contribution in [0.1, 0.15) is 26.2 Å². The molecule has 0 aromatic carbocycles. The Balaban J connectivity index is 0.000000249. The summed E-state index contributed by atoms with van der Waals surface area (Å²) < 4.78 is 0. The quantitative estimate of drug-likeness (QED) is 0.525. The number of hydrogen-bond acceptors (Lipinski definition) is 2. The van der Waals surface area contributed by atoms with E-state index in [0.717, 1.165) is 6.08 Å². The van der Waals surface area contributed by atoms with Crippen LogP contribution in [0.15, 0.2) is 24.3 Å². The lowest BCUT2D eigenvalue weighted by molar-refractivity contribution is -0.131. The Morgan fingerprint density at radius 2 is 1.86 bits per heavy atom. The van der Waals surface area contributed by atoms with E-state index in [9.17, 15) is 4.79 Å². The Labute approximate surface area is 85.5 Å². The van der Waals surface area contributed by atoms with E-state index in [-0.39, 0.29) is 0 Å². The van der Waals surface area contributed by atoms with Crippen LogP contribution >= 0.6 is 0 Å². The second-order valence-corrected chi connectivity index (χ2v) is 3.03. The minimum absolute atomic E-state index is 0.914. The largest absolute Gasteiger partial charge is 0.478 e. The SMILES string of the molecule is C/C=C/C=C/C(=O)O.C1CCNCC1. The summed E-state index contributed by atoms with van der Waals surface area (Å²) in [5.74, 6) is -0.914. The van der Waals surface area contributed by atoms with E-state index in [1.54, 1.807) is 12.2 Å². The third kappa shape index (κ3) is 10.9. The van der Waals surface area contributed by atoms with Crippen LogP contribution in [0.25, 0.3) is 0 Å². The van der Waals surface area contributed by atoms with Gasteiger partial charge in [-0.2, -0.15) is 0 Å². The monoisotopic (exact) mass is 197 g/mol. The lowest BCUT2D eigenvalue weighted by Crippen LogP contribution is -2.21. The molecule has 1 aliphatic rings. The first-order valence-corrected chi connectivity index (χ1v) is 5.00. The number of aliphatic carboxylic acids is 1. The van der Waals surface area contributed by atoms with Gasteiger partial charge in [0.2, 0.25) is 0 Å². The minimum atomic E-state index is -0.914. The minimum Gasteiger partial charge on any atom is -0.478 e. The number of carbonyl (C=O) groups is 1. The highest BCUT2D eigenvalue weighted by molar-refractivity contribution is 5.80. The predicted molar refractivity (Wildman–Crippen MR) is 58.3 cm³/mol. The summed E-state index contributed by atoms with van der Waals surface area (Å²) in [6.07, 6.45) is 10.2.